The Labute approximate surface area is 228 Å². The van der Waals surface area contributed by atoms with E-state index in [9.17, 15) is 10.1 Å². The first-order chi connectivity index (χ1) is 18.1. The first-order valence-corrected chi connectivity index (χ1v) is 13.7. The molecule has 1 amide bonds. The summed E-state index contributed by atoms with van der Waals surface area (Å²) < 4.78 is 0. The minimum Gasteiger partial charge on any atom is -0.345 e. The summed E-state index contributed by atoms with van der Waals surface area (Å²) in [7, 11) is 3.51. The van der Waals surface area contributed by atoms with Crippen LogP contribution in [0.4, 0.5) is 0 Å². The summed E-state index contributed by atoms with van der Waals surface area (Å²) in [5.41, 5.74) is 9.98. The Balaban J connectivity index is 0.000000353. The van der Waals surface area contributed by atoms with Crippen molar-refractivity contribution in [2.45, 2.75) is 59.8 Å². The minimum absolute atomic E-state index is 0.00145. The van der Waals surface area contributed by atoms with Crippen molar-refractivity contribution in [2.75, 3.05) is 14.1 Å². The number of rotatable bonds is 4. The zero-order valence-electron chi connectivity index (χ0n) is 23.8. The lowest BCUT2D eigenvalue weighted by atomic mass is 9.52. The number of nitrogens with zero attached hydrogens (tertiary/aromatic N) is 2. The van der Waals surface area contributed by atoms with Gasteiger partial charge in [0.15, 0.2) is 0 Å². The number of carbonyl (C=O) groups excluding carboxylic acids is 1. The third-order valence-corrected chi connectivity index (χ3v) is 8.39. The van der Waals surface area contributed by atoms with Crippen molar-refractivity contribution in [3.63, 3.8) is 0 Å². The Kier molecular flexibility index (Phi) is 8.22. The van der Waals surface area contributed by atoms with E-state index in [4.69, 9.17) is 0 Å². The molecular formula is C35H40N2O. The fourth-order valence-corrected chi connectivity index (χ4v) is 5.99. The fraction of sp³-hybridized carbons (Fsp3) is 0.371. The number of aryl methyl sites for hydroxylation is 1. The highest BCUT2D eigenvalue weighted by atomic mass is 16.2. The van der Waals surface area contributed by atoms with Gasteiger partial charge in [0.25, 0.3) is 5.91 Å². The largest absolute Gasteiger partial charge is 0.345 e. The topological polar surface area (TPSA) is 44.1 Å². The Morgan fingerprint density at radius 2 is 1.66 bits per heavy atom. The molecule has 38 heavy (non-hydrogen) atoms. The van der Waals surface area contributed by atoms with Crippen LogP contribution in [0.3, 0.4) is 0 Å². The molecule has 2 saturated carbocycles. The zero-order chi connectivity index (χ0) is 27.4. The third-order valence-electron chi connectivity index (χ3n) is 8.39. The van der Waals surface area contributed by atoms with Gasteiger partial charge in [0.1, 0.15) is 0 Å². The van der Waals surface area contributed by atoms with Crippen LogP contribution in [0.2, 0.25) is 0 Å². The normalized spacial score (nSPS) is 16.0. The molecule has 3 nitrogen and oxygen atoms in total. The van der Waals surface area contributed by atoms with Gasteiger partial charge in [-0.05, 0) is 115 Å². The van der Waals surface area contributed by atoms with Gasteiger partial charge in [0.2, 0.25) is 0 Å². The summed E-state index contributed by atoms with van der Waals surface area (Å²) >= 11 is 0. The Morgan fingerprint density at radius 3 is 2.18 bits per heavy atom. The number of hydrogen-bond donors (Lipinski definition) is 0. The van der Waals surface area contributed by atoms with Crippen molar-refractivity contribution in [1.29, 1.82) is 5.26 Å². The molecule has 0 unspecified atom stereocenters. The average Bonchev–Trinajstić information content (AvgIpc) is 2.87. The second-order valence-corrected chi connectivity index (χ2v) is 11.6. The van der Waals surface area contributed by atoms with E-state index < -0.39 is 0 Å². The van der Waals surface area contributed by atoms with Gasteiger partial charge in [-0.3, -0.25) is 4.79 Å². The lowest BCUT2D eigenvalue weighted by Gasteiger charge is -2.53. The molecule has 0 heterocycles. The predicted molar refractivity (Wildman–Crippen MR) is 159 cm³/mol. The van der Waals surface area contributed by atoms with E-state index in [0.29, 0.717) is 11.1 Å². The summed E-state index contributed by atoms with van der Waals surface area (Å²) in [5, 5.41) is 9.36. The zero-order valence-corrected chi connectivity index (χ0v) is 23.8. The van der Waals surface area contributed by atoms with Crippen LogP contribution in [0, 0.1) is 36.5 Å². The molecule has 0 aromatic heterocycles. The van der Waals surface area contributed by atoms with Crippen molar-refractivity contribution in [2.24, 2.45) is 11.3 Å². The molecule has 0 saturated heterocycles. The van der Waals surface area contributed by atoms with Crippen molar-refractivity contribution in [1.82, 2.24) is 4.90 Å². The number of amides is 1. The molecule has 3 heteroatoms. The van der Waals surface area contributed by atoms with Gasteiger partial charge in [-0.2, -0.15) is 5.26 Å². The van der Waals surface area contributed by atoms with E-state index in [-0.39, 0.29) is 5.91 Å². The van der Waals surface area contributed by atoms with Gasteiger partial charge in [-0.15, -0.1) is 0 Å². The highest BCUT2D eigenvalue weighted by molar-refractivity contribution is 5.94. The molecule has 0 aliphatic heterocycles. The van der Waals surface area contributed by atoms with Crippen LogP contribution in [0.25, 0.3) is 22.8 Å². The van der Waals surface area contributed by atoms with E-state index in [2.05, 4.69) is 51.1 Å². The monoisotopic (exact) mass is 504 g/mol. The highest BCUT2D eigenvalue weighted by Crippen LogP contribution is 2.58. The second-order valence-electron chi connectivity index (χ2n) is 11.6. The third kappa shape index (κ3) is 5.91. The lowest BCUT2D eigenvalue weighted by Crippen LogP contribution is -2.41. The fourth-order valence-electron chi connectivity index (χ4n) is 5.99. The second kappa shape index (κ2) is 11.4. The van der Waals surface area contributed by atoms with E-state index >= 15 is 0 Å². The van der Waals surface area contributed by atoms with Crippen LogP contribution in [-0.4, -0.2) is 24.9 Å². The lowest BCUT2D eigenvalue weighted by molar-refractivity contribution is -0.0161. The molecule has 3 aromatic rings. The molecule has 2 aliphatic carbocycles. The first-order valence-electron chi connectivity index (χ1n) is 13.7. The number of nitriles is 1. The summed E-state index contributed by atoms with van der Waals surface area (Å²) in [6, 6.07) is 22.3. The highest BCUT2D eigenvalue weighted by Gasteiger charge is 2.45. The number of benzene rings is 3. The Hall–Kier alpha value is -3.64. The van der Waals surface area contributed by atoms with Crippen LogP contribution < -0.4 is 0 Å². The van der Waals surface area contributed by atoms with Crippen LogP contribution in [0.15, 0.2) is 60.7 Å². The molecule has 3 aromatic carbocycles. The SMILES string of the molecule is C/C(=C\c1cccc(-c2ccc(C)c(C#N)c2)c1C)c1ccc(C(=O)N(C)C)cc1.CC1CC2(CCC2)C1. The molecule has 2 fully saturated rings. The van der Waals surface area contributed by atoms with E-state index in [1.165, 1.54) is 12.0 Å². The molecule has 5 rings (SSSR count). The Morgan fingerprint density at radius 1 is 1.00 bits per heavy atom. The van der Waals surface area contributed by atoms with Gasteiger partial charge < -0.3 is 4.90 Å². The average molecular weight is 505 g/mol. The smallest absolute Gasteiger partial charge is 0.253 e. The van der Waals surface area contributed by atoms with E-state index in [0.717, 1.165) is 44.7 Å². The summed E-state index contributed by atoms with van der Waals surface area (Å²) in [5.74, 6) is 1.07. The molecule has 2 aliphatic rings. The number of allylic oxidation sites excluding steroid dienone is 1. The van der Waals surface area contributed by atoms with E-state index in [1.54, 1.807) is 44.7 Å². The summed E-state index contributed by atoms with van der Waals surface area (Å²) in [6.07, 6.45) is 9.89. The number of carbonyl (C=O) groups is 1. The summed E-state index contributed by atoms with van der Waals surface area (Å²) in [4.78, 5) is 13.7. The van der Waals surface area contributed by atoms with Crippen molar-refractivity contribution < 1.29 is 4.79 Å². The quantitative estimate of drug-likeness (QED) is 0.334. The molecule has 0 atom stereocenters. The van der Waals surface area contributed by atoms with Crippen LogP contribution in [0.5, 0.6) is 0 Å². The molecular weight excluding hydrogens is 464 g/mol. The first kappa shape index (κ1) is 27.4. The summed E-state index contributed by atoms with van der Waals surface area (Å²) in [6.45, 7) is 8.52. The van der Waals surface area contributed by atoms with Gasteiger partial charge in [0, 0.05) is 19.7 Å². The minimum atomic E-state index is 0.00145. The van der Waals surface area contributed by atoms with Crippen molar-refractivity contribution in [3.05, 3.63) is 94.0 Å². The molecule has 0 N–H and O–H groups in total. The van der Waals surface area contributed by atoms with Crippen molar-refractivity contribution >= 4 is 17.6 Å². The molecule has 0 radical (unpaired) electrons. The predicted octanol–water partition coefficient (Wildman–Crippen LogP) is 8.69. The van der Waals surface area contributed by atoms with Crippen molar-refractivity contribution in [3.8, 4) is 17.2 Å². The standard InChI is InChI=1S/C27H26N2O.C8H14/c1-18-9-10-24(16-25(18)17-28)26-8-6-7-23(20(26)3)15-19(2)21-11-13-22(14-12-21)27(30)29(4)5;1-7-5-8(6-7)3-2-4-8/h6-16H,1-5H3;7H,2-6H2,1H3/b19-15+;. The van der Waals surface area contributed by atoms with E-state index in [1.807, 2.05) is 49.4 Å². The van der Waals surface area contributed by atoms with Gasteiger partial charge >= 0.3 is 0 Å². The van der Waals surface area contributed by atoms with Crippen LogP contribution in [-0.2, 0) is 0 Å². The van der Waals surface area contributed by atoms with Crippen LogP contribution >= 0.6 is 0 Å². The van der Waals surface area contributed by atoms with Gasteiger partial charge in [-0.25, -0.2) is 0 Å². The van der Waals surface area contributed by atoms with Gasteiger partial charge in [-0.1, -0.05) is 61.9 Å². The number of hydrogen-bond acceptors (Lipinski definition) is 2. The molecule has 196 valence electrons. The maximum atomic E-state index is 12.1. The maximum Gasteiger partial charge on any atom is 0.253 e. The van der Waals surface area contributed by atoms with Crippen LogP contribution in [0.1, 0.15) is 84.1 Å². The maximum absolute atomic E-state index is 12.1. The molecule has 1 spiro atoms. The molecule has 0 bridgehead atoms. The Bertz CT molecular complexity index is 1380. The van der Waals surface area contributed by atoms with Gasteiger partial charge in [0.05, 0.1) is 11.6 Å².